The first-order valence-electron chi connectivity index (χ1n) is 7.38. The van der Waals surface area contributed by atoms with Gasteiger partial charge < -0.3 is 4.43 Å². The highest BCUT2D eigenvalue weighted by atomic mass is 28.4. The maximum absolute atomic E-state index is 12.1. The molecule has 0 aromatic heterocycles. The molecule has 1 aromatic rings. The van der Waals surface area contributed by atoms with Gasteiger partial charge in [-0.1, -0.05) is 51.1 Å². The van der Waals surface area contributed by atoms with E-state index in [9.17, 15) is 4.79 Å². The van der Waals surface area contributed by atoms with Gasteiger partial charge in [-0.3, -0.25) is 4.79 Å². The molecule has 0 aliphatic heterocycles. The Hall–Kier alpha value is -1.45. The molecule has 0 spiro atoms. The summed E-state index contributed by atoms with van der Waals surface area (Å²) in [6.45, 7) is 11.1. The summed E-state index contributed by atoms with van der Waals surface area (Å²) >= 11 is 0. The van der Waals surface area contributed by atoms with Gasteiger partial charge in [0, 0.05) is 5.57 Å². The third-order valence-electron chi connectivity index (χ3n) is 4.36. The minimum Gasteiger partial charge on any atom is -0.406 e. The summed E-state index contributed by atoms with van der Waals surface area (Å²) in [6.07, 6.45) is 5.25. The summed E-state index contributed by atoms with van der Waals surface area (Å²) < 4.78 is 6.38. The average molecular weight is 300 g/mol. The Kier molecular flexibility index (Phi) is 4.35. The highest BCUT2D eigenvalue weighted by Crippen LogP contribution is 2.39. The highest BCUT2D eigenvalue weighted by molar-refractivity contribution is 6.74. The monoisotopic (exact) mass is 300 g/mol. The van der Waals surface area contributed by atoms with E-state index in [0.717, 1.165) is 11.1 Å². The third kappa shape index (κ3) is 3.60. The molecular weight excluding hydrogens is 276 g/mol. The first-order chi connectivity index (χ1) is 9.71. The van der Waals surface area contributed by atoms with Gasteiger partial charge in [0.1, 0.15) is 0 Å². The van der Waals surface area contributed by atoms with Gasteiger partial charge >= 0.3 is 0 Å². The van der Waals surface area contributed by atoms with E-state index < -0.39 is 8.32 Å². The van der Waals surface area contributed by atoms with Crippen LogP contribution in [0.4, 0.5) is 0 Å². The van der Waals surface area contributed by atoms with Gasteiger partial charge in [0.15, 0.2) is 14.1 Å². The summed E-state index contributed by atoms with van der Waals surface area (Å²) in [5.41, 5.74) is 1.78. The van der Waals surface area contributed by atoms with Crippen LogP contribution in [0.25, 0.3) is 6.08 Å². The lowest BCUT2D eigenvalue weighted by Crippen LogP contribution is -2.43. The van der Waals surface area contributed by atoms with Crippen molar-refractivity contribution in [3.63, 3.8) is 0 Å². The summed E-state index contributed by atoms with van der Waals surface area (Å²) in [4.78, 5) is 12.1. The molecule has 1 atom stereocenters. The number of allylic oxidation sites excluding steroid dienone is 1. The van der Waals surface area contributed by atoms with Crippen LogP contribution in [-0.4, -0.2) is 20.2 Å². The Morgan fingerprint density at radius 2 is 1.76 bits per heavy atom. The van der Waals surface area contributed by atoms with E-state index in [4.69, 9.17) is 4.43 Å². The molecule has 112 valence electrons. The van der Waals surface area contributed by atoms with E-state index in [-0.39, 0.29) is 16.9 Å². The maximum atomic E-state index is 12.1. The predicted octanol–water partition coefficient (Wildman–Crippen LogP) is 4.60. The lowest BCUT2D eigenvalue weighted by molar-refractivity contribution is -0.111. The Balaban J connectivity index is 2.26. The minimum absolute atomic E-state index is 0.0579. The van der Waals surface area contributed by atoms with Crippen LogP contribution in [0, 0.1) is 0 Å². The van der Waals surface area contributed by atoms with Gasteiger partial charge in [-0.25, -0.2) is 0 Å². The molecule has 1 aromatic carbocycles. The zero-order valence-electron chi connectivity index (χ0n) is 13.5. The molecule has 0 heterocycles. The predicted molar refractivity (Wildman–Crippen MR) is 90.6 cm³/mol. The topological polar surface area (TPSA) is 26.3 Å². The second kappa shape index (κ2) is 5.74. The maximum Gasteiger partial charge on any atom is 0.193 e. The normalized spacial score (nSPS) is 21.3. The molecule has 0 bridgehead atoms. The number of hydrogen-bond donors (Lipinski definition) is 0. The number of carbonyl (C=O) groups is 1. The Morgan fingerprint density at radius 3 is 2.33 bits per heavy atom. The Bertz CT molecular complexity index is 577. The largest absolute Gasteiger partial charge is 0.406 e. The third-order valence-corrected chi connectivity index (χ3v) is 8.82. The zero-order chi connectivity index (χ0) is 15.7. The number of ketones is 1. The molecule has 0 saturated carbocycles. The number of hydrogen-bond acceptors (Lipinski definition) is 2. The van der Waals surface area contributed by atoms with E-state index in [0.29, 0.717) is 0 Å². The summed E-state index contributed by atoms with van der Waals surface area (Å²) in [5.74, 6) is 0.0579. The molecule has 0 N–H and O–H groups in total. The van der Waals surface area contributed by atoms with Crippen molar-refractivity contribution in [2.24, 2.45) is 0 Å². The number of benzene rings is 1. The fourth-order valence-electron chi connectivity index (χ4n) is 1.99. The first-order valence-corrected chi connectivity index (χ1v) is 10.3. The molecule has 0 radical (unpaired) electrons. The lowest BCUT2D eigenvalue weighted by atomic mass is 10.1. The van der Waals surface area contributed by atoms with Crippen molar-refractivity contribution in [2.45, 2.75) is 45.0 Å². The van der Waals surface area contributed by atoms with Crippen LogP contribution in [0.1, 0.15) is 26.3 Å². The molecule has 2 rings (SSSR count). The van der Waals surface area contributed by atoms with Crippen LogP contribution < -0.4 is 0 Å². The minimum atomic E-state index is -1.90. The average Bonchev–Trinajstić information content (AvgIpc) is 2.71. The van der Waals surface area contributed by atoms with Crippen molar-refractivity contribution in [1.29, 1.82) is 0 Å². The number of rotatable bonds is 3. The molecule has 1 aliphatic rings. The standard InChI is InChI=1S/C18H24O2Si/c1-18(2,3)21(4,5)20-17-12-11-16(19)15(17)13-14-9-7-6-8-10-14/h6-13,17H,1-5H3/b15-13+. The fraction of sp³-hybridized carbons (Fsp3) is 0.389. The Morgan fingerprint density at radius 1 is 1.14 bits per heavy atom. The Labute approximate surface area is 128 Å². The van der Waals surface area contributed by atoms with E-state index in [2.05, 4.69) is 33.9 Å². The molecule has 3 heteroatoms. The summed E-state index contributed by atoms with van der Waals surface area (Å²) in [7, 11) is -1.90. The number of carbonyl (C=O) groups excluding carboxylic acids is 1. The van der Waals surface area contributed by atoms with Gasteiger partial charge in [-0.05, 0) is 41.9 Å². The molecular formula is C18H24O2Si. The molecule has 0 fully saturated rings. The highest BCUT2D eigenvalue weighted by Gasteiger charge is 2.40. The van der Waals surface area contributed by atoms with Crippen molar-refractivity contribution in [3.05, 3.63) is 53.6 Å². The van der Waals surface area contributed by atoms with Crippen LogP contribution in [0.2, 0.25) is 18.1 Å². The quantitative estimate of drug-likeness (QED) is 0.602. The van der Waals surface area contributed by atoms with Gasteiger partial charge in [0.2, 0.25) is 0 Å². The summed E-state index contributed by atoms with van der Waals surface area (Å²) in [5, 5.41) is 0.129. The molecule has 0 saturated heterocycles. The van der Waals surface area contributed by atoms with Crippen LogP contribution in [0.15, 0.2) is 48.1 Å². The van der Waals surface area contributed by atoms with Crippen molar-refractivity contribution < 1.29 is 9.22 Å². The fourth-order valence-corrected chi connectivity index (χ4v) is 3.19. The van der Waals surface area contributed by atoms with E-state index in [1.807, 2.05) is 42.5 Å². The zero-order valence-corrected chi connectivity index (χ0v) is 14.5. The molecule has 21 heavy (non-hydrogen) atoms. The molecule has 1 aliphatic carbocycles. The lowest BCUT2D eigenvalue weighted by Gasteiger charge is -2.38. The van der Waals surface area contributed by atoms with Crippen LogP contribution >= 0.6 is 0 Å². The molecule has 1 unspecified atom stereocenters. The smallest absolute Gasteiger partial charge is 0.193 e. The molecule has 0 amide bonds. The van der Waals surface area contributed by atoms with Gasteiger partial charge in [-0.15, -0.1) is 0 Å². The van der Waals surface area contributed by atoms with Crippen LogP contribution in [-0.2, 0) is 9.22 Å². The van der Waals surface area contributed by atoms with Crippen molar-refractivity contribution in [3.8, 4) is 0 Å². The van der Waals surface area contributed by atoms with Crippen LogP contribution in [0.3, 0.4) is 0 Å². The van der Waals surface area contributed by atoms with E-state index >= 15 is 0 Å². The SMILES string of the molecule is CC(C)(C)[Si](C)(C)OC1C=CC(=O)/C1=C\c1ccccc1. The summed E-state index contributed by atoms with van der Waals surface area (Å²) in [6, 6.07) is 9.93. The van der Waals surface area contributed by atoms with E-state index in [1.54, 1.807) is 6.08 Å². The van der Waals surface area contributed by atoms with Gasteiger partial charge in [0.25, 0.3) is 0 Å². The van der Waals surface area contributed by atoms with Crippen LogP contribution in [0.5, 0.6) is 0 Å². The van der Waals surface area contributed by atoms with Gasteiger partial charge in [-0.2, -0.15) is 0 Å². The van der Waals surface area contributed by atoms with Crippen molar-refractivity contribution >= 4 is 20.2 Å². The van der Waals surface area contributed by atoms with E-state index in [1.165, 1.54) is 0 Å². The first kappa shape index (κ1) is 15.9. The molecule has 2 nitrogen and oxygen atoms in total. The van der Waals surface area contributed by atoms with Crippen molar-refractivity contribution in [1.82, 2.24) is 0 Å². The van der Waals surface area contributed by atoms with Gasteiger partial charge in [0.05, 0.1) is 6.10 Å². The second-order valence-corrected chi connectivity index (χ2v) is 11.8. The van der Waals surface area contributed by atoms with Crippen molar-refractivity contribution in [2.75, 3.05) is 0 Å². The second-order valence-electron chi connectivity index (χ2n) is 7.03.